The number of ether oxygens (including phenoxy) is 2. The third kappa shape index (κ3) is 3.51. The molecule has 2 N–H and O–H groups in total. The first-order valence-electron chi connectivity index (χ1n) is 4.86. The summed E-state index contributed by atoms with van der Waals surface area (Å²) < 4.78 is 9.89. The van der Waals surface area contributed by atoms with Crippen molar-refractivity contribution in [2.45, 2.75) is 19.4 Å². The predicted molar refractivity (Wildman–Crippen MR) is 50.0 cm³/mol. The summed E-state index contributed by atoms with van der Waals surface area (Å²) in [5.74, 6) is 0.372. The van der Waals surface area contributed by atoms with Gasteiger partial charge in [0.2, 0.25) is 0 Å². The van der Waals surface area contributed by atoms with Gasteiger partial charge < -0.3 is 19.9 Å². The van der Waals surface area contributed by atoms with Crippen LogP contribution in [0, 0.1) is 5.92 Å². The smallest absolute Gasteiger partial charge is 0.407 e. The summed E-state index contributed by atoms with van der Waals surface area (Å²) in [4.78, 5) is 11.1. The molecule has 0 radical (unpaired) electrons. The largest absolute Gasteiger partial charge is 0.447 e. The molecule has 0 aromatic rings. The fraction of sp³-hybridized carbons (Fsp3) is 0.889. The number of amides is 1. The second-order valence-corrected chi connectivity index (χ2v) is 3.42. The van der Waals surface area contributed by atoms with E-state index < -0.39 is 6.09 Å². The van der Waals surface area contributed by atoms with E-state index in [1.54, 1.807) is 0 Å². The summed E-state index contributed by atoms with van der Waals surface area (Å²) in [6.45, 7) is 3.29. The second-order valence-electron chi connectivity index (χ2n) is 3.42. The number of carbonyl (C=O) groups is 1. The van der Waals surface area contributed by atoms with Crippen molar-refractivity contribution in [2.75, 3.05) is 26.4 Å². The lowest BCUT2D eigenvalue weighted by Crippen LogP contribution is -2.39. The lowest BCUT2D eigenvalue weighted by Gasteiger charge is -2.18. The summed E-state index contributed by atoms with van der Waals surface area (Å²) in [5, 5.41) is 11.1. The zero-order valence-electron chi connectivity index (χ0n) is 8.36. The molecule has 0 saturated carbocycles. The molecule has 1 fully saturated rings. The van der Waals surface area contributed by atoms with Crippen LogP contribution < -0.4 is 5.32 Å². The first-order chi connectivity index (χ1) is 6.74. The van der Waals surface area contributed by atoms with Crippen molar-refractivity contribution in [2.24, 2.45) is 5.92 Å². The van der Waals surface area contributed by atoms with Crippen LogP contribution in [0.4, 0.5) is 4.79 Å². The number of rotatable bonds is 4. The Morgan fingerprint density at radius 2 is 2.57 bits per heavy atom. The highest BCUT2D eigenvalue weighted by atomic mass is 16.6. The normalized spacial score (nSPS) is 23.1. The number of hydrogen-bond acceptors (Lipinski definition) is 4. The highest BCUT2D eigenvalue weighted by molar-refractivity contribution is 5.67. The molecular formula is C9H17NO4. The molecule has 1 heterocycles. The van der Waals surface area contributed by atoms with E-state index in [2.05, 4.69) is 10.1 Å². The number of alkyl carbamates (subject to hydrolysis) is 1. The maximum Gasteiger partial charge on any atom is 0.407 e. The van der Waals surface area contributed by atoms with Crippen LogP contribution in [-0.2, 0) is 9.47 Å². The zero-order valence-corrected chi connectivity index (χ0v) is 8.36. The van der Waals surface area contributed by atoms with Gasteiger partial charge in [0.05, 0.1) is 13.2 Å². The van der Waals surface area contributed by atoms with Crippen molar-refractivity contribution in [1.29, 1.82) is 0 Å². The van der Waals surface area contributed by atoms with Crippen molar-refractivity contribution in [1.82, 2.24) is 5.32 Å². The Morgan fingerprint density at radius 1 is 1.79 bits per heavy atom. The molecule has 14 heavy (non-hydrogen) atoms. The molecule has 0 spiro atoms. The standard InChI is InChI=1S/C9H17NO4/c1-7(8-2-4-13-6-8)10-9(12)14-5-3-11/h7-8,11H,2-6H2,1H3,(H,10,12). The highest BCUT2D eigenvalue weighted by Crippen LogP contribution is 2.16. The molecule has 0 aliphatic carbocycles. The Morgan fingerprint density at radius 3 is 3.14 bits per heavy atom. The van der Waals surface area contributed by atoms with Gasteiger partial charge >= 0.3 is 6.09 Å². The van der Waals surface area contributed by atoms with E-state index >= 15 is 0 Å². The molecule has 1 saturated heterocycles. The van der Waals surface area contributed by atoms with Crippen LogP contribution in [0.3, 0.4) is 0 Å². The van der Waals surface area contributed by atoms with Gasteiger partial charge in [-0.1, -0.05) is 0 Å². The predicted octanol–water partition coefficient (Wildman–Crippen LogP) is 0.130. The van der Waals surface area contributed by atoms with Crippen molar-refractivity contribution < 1.29 is 19.4 Å². The molecule has 1 rings (SSSR count). The van der Waals surface area contributed by atoms with Crippen LogP contribution in [0.25, 0.3) is 0 Å². The third-order valence-corrected chi connectivity index (χ3v) is 2.34. The lowest BCUT2D eigenvalue weighted by molar-refractivity contribution is 0.113. The highest BCUT2D eigenvalue weighted by Gasteiger charge is 2.23. The van der Waals surface area contributed by atoms with Gasteiger partial charge in [-0.15, -0.1) is 0 Å². The lowest BCUT2D eigenvalue weighted by atomic mass is 10.0. The van der Waals surface area contributed by atoms with Crippen LogP contribution >= 0.6 is 0 Å². The Kier molecular flexibility index (Phi) is 4.69. The Bertz CT molecular complexity index is 180. The fourth-order valence-electron chi connectivity index (χ4n) is 1.43. The third-order valence-electron chi connectivity index (χ3n) is 2.34. The summed E-state index contributed by atoms with van der Waals surface area (Å²) in [6, 6.07) is 0.0590. The second kappa shape index (κ2) is 5.82. The van der Waals surface area contributed by atoms with Crippen molar-refractivity contribution in [3.63, 3.8) is 0 Å². The topological polar surface area (TPSA) is 67.8 Å². The molecule has 0 aromatic carbocycles. The molecule has 1 aliphatic heterocycles. The minimum atomic E-state index is -0.474. The number of carbonyl (C=O) groups excluding carboxylic acids is 1. The van der Waals surface area contributed by atoms with E-state index in [1.807, 2.05) is 6.92 Å². The molecule has 5 nitrogen and oxygen atoms in total. The summed E-state index contributed by atoms with van der Waals surface area (Å²) >= 11 is 0. The average molecular weight is 203 g/mol. The summed E-state index contributed by atoms with van der Waals surface area (Å²) in [5.41, 5.74) is 0. The first kappa shape index (κ1) is 11.3. The quantitative estimate of drug-likeness (QED) is 0.681. The summed E-state index contributed by atoms with van der Waals surface area (Å²) in [7, 11) is 0. The van der Waals surface area contributed by atoms with Gasteiger partial charge in [0, 0.05) is 18.6 Å². The molecule has 1 aliphatic rings. The van der Waals surface area contributed by atoms with Crippen molar-refractivity contribution in [3.8, 4) is 0 Å². The summed E-state index contributed by atoms with van der Waals surface area (Å²) in [6.07, 6.45) is 0.500. The van der Waals surface area contributed by atoms with Gasteiger partial charge in [0.15, 0.2) is 0 Å². The van der Waals surface area contributed by atoms with E-state index in [0.29, 0.717) is 12.5 Å². The molecule has 1 amide bonds. The van der Waals surface area contributed by atoms with Crippen LogP contribution in [0.15, 0.2) is 0 Å². The van der Waals surface area contributed by atoms with E-state index in [4.69, 9.17) is 9.84 Å². The maximum absolute atomic E-state index is 11.1. The SMILES string of the molecule is CC(NC(=O)OCCO)C1CCOC1. The van der Waals surface area contributed by atoms with Crippen molar-refractivity contribution >= 4 is 6.09 Å². The van der Waals surface area contributed by atoms with Crippen LogP contribution in [0.1, 0.15) is 13.3 Å². The van der Waals surface area contributed by atoms with Gasteiger partial charge in [-0.25, -0.2) is 4.79 Å². The number of aliphatic hydroxyl groups is 1. The van der Waals surface area contributed by atoms with E-state index in [0.717, 1.165) is 13.0 Å². The molecule has 5 heteroatoms. The zero-order chi connectivity index (χ0) is 10.4. The van der Waals surface area contributed by atoms with Gasteiger partial charge in [0.25, 0.3) is 0 Å². The minimum Gasteiger partial charge on any atom is -0.447 e. The van der Waals surface area contributed by atoms with Gasteiger partial charge in [0.1, 0.15) is 6.61 Å². The molecular weight excluding hydrogens is 186 g/mol. The molecule has 0 bridgehead atoms. The number of aliphatic hydroxyl groups excluding tert-OH is 1. The van der Waals surface area contributed by atoms with Gasteiger partial charge in [-0.05, 0) is 13.3 Å². The van der Waals surface area contributed by atoms with Gasteiger partial charge in [-0.2, -0.15) is 0 Å². The molecule has 0 aromatic heterocycles. The van der Waals surface area contributed by atoms with E-state index in [9.17, 15) is 4.79 Å². The maximum atomic E-state index is 11.1. The Balaban J connectivity index is 2.18. The fourth-order valence-corrected chi connectivity index (χ4v) is 1.43. The average Bonchev–Trinajstić information content (AvgIpc) is 2.67. The Labute approximate surface area is 83.4 Å². The molecule has 2 unspecified atom stereocenters. The van der Waals surface area contributed by atoms with Crippen LogP contribution in [0.2, 0.25) is 0 Å². The number of hydrogen-bond donors (Lipinski definition) is 2. The van der Waals surface area contributed by atoms with E-state index in [-0.39, 0.29) is 19.3 Å². The molecule has 2 atom stereocenters. The van der Waals surface area contributed by atoms with E-state index in [1.165, 1.54) is 0 Å². The Hall–Kier alpha value is -0.810. The number of nitrogens with one attached hydrogen (secondary N) is 1. The van der Waals surface area contributed by atoms with Crippen LogP contribution in [0.5, 0.6) is 0 Å². The minimum absolute atomic E-state index is 0.0414. The molecule has 82 valence electrons. The van der Waals surface area contributed by atoms with Crippen molar-refractivity contribution in [3.05, 3.63) is 0 Å². The monoisotopic (exact) mass is 203 g/mol. The van der Waals surface area contributed by atoms with Crippen LogP contribution in [-0.4, -0.2) is 43.7 Å². The first-order valence-corrected chi connectivity index (χ1v) is 4.86. The van der Waals surface area contributed by atoms with Gasteiger partial charge in [-0.3, -0.25) is 0 Å².